The first-order chi connectivity index (χ1) is 12.9. The van der Waals surface area contributed by atoms with Crippen LogP contribution in [0.15, 0.2) is 42.5 Å². The van der Waals surface area contributed by atoms with Crippen molar-refractivity contribution in [2.75, 3.05) is 18.2 Å². The second-order valence-corrected chi connectivity index (χ2v) is 9.34. The average Bonchev–Trinajstić information content (AvgIpc) is 3.05. The number of aromatic nitrogens is 1. The lowest BCUT2D eigenvalue weighted by molar-refractivity contribution is -0.115. The summed E-state index contributed by atoms with van der Waals surface area (Å²) in [5.74, 6) is -0.0142. The molecule has 0 aliphatic heterocycles. The van der Waals surface area contributed by atoms with Crippen LogP contribution in [-0.2, 0) is 20.4 Å². The number of rotatable bonds is 7. The van der Waals surface area contributed by atoms with E-state index in [1.807, 2.05) is 25.1 Å². The fourth-order valence-corrected chi connectivity index (χ4v) is 4.97. The van der Waals surface area contributed by atoms with Crippen molar-refractivity contribution in [2.45, 2.75) is 19.1 Å². The first-order valence-electron chi connectivity index (χ1n) is 8.36. The molecule has 0 unspecified atom stereocenters. The van der Waals surface area contributed by atoms with Gasteiger partial charge in [0.25, 0.3) is 0 Å². The number of methoxy groups -OCH3 is 1. The van der Waals surface area contributed by atoms with Gasteiger partial charge in [-0.25, -0.2) is 13.4 Å². The number of anilines is 1. The van der Waals surface area contributed by atoms with Crippen LogP contribution in [0, 0.1) is 6.92 Å². The van der Waals surface area contributed by atoms with E-state index in [4.69, 9.17) is 4.74 Å². The summed E-state index contributed by atoms with van der Waals surface area (Å²) in [5.41, 5.74) is 2.44. The minimum Gasteiger partial charge on any atom is -0.494 e. The van der Waals surface area contributed by atoms with Gasteiger partial charge in [-0.05, 0) is 24.1 Å². The molecule has 27 heavy (non-hydrogen) atoms. The zero-order valence-electron chi connectivity index (χ0n) is 15.1. The summed E-state index contributed by atoms with van der Waals surface area (Å²) >= 11 is 1.35. The molecule has 0 aliphatic rings. The number of sulfone groups is 1. The monoisotopic (exact) mass is 404 g/mol. The lowest BCUT2D eigenvalue weighted by Gasteiger charge is -2.04. The molecule has 1 N–H and O–H groups in total. The first-order valence-corrected chi connectivity index (χ1v) is 11.0. The van der Waals surface area contributed by atoms with E-state index in [-0.39, 0.29) is 23.8 Å². The van der Waals surface area contributed by atoms with Crippen LogP contribution in [0.25, 0.3) is 10.2 Å². The molecule has 6 nitrogen and oxygen atoms in total. The molecule has 1 heterocycles. The van der Waals surface area contributed by atoms with Gasteiger partial charge in [0.1, 0.15) is 11.3 Å². The SMILES string of the molecule is COc1ccc(C)c2sc(NC(=O)CCS(=O)(=O)Cc3ccccc3)nc12. The van der Waals surface area contributed by atoms with Gasteiger partial charge in [0.15, 0.2) is 15.0 Å². The predicted molar refractivity (Wildman–Crippen MR) is 108 cm³/mol. The first kappa shape index (κ1) is 19.3. The van der Waals surface area contributed by atoms with Gasteiger partial charge >= 0.3 is 0 Å². The Balaban J connectivity index is 1.64. The van der Waals surface area contributed by atoms with Crippen molar-refractivity contribution in [3.63, 3.8) is 0 Å². The maximum atomic E-state index is 12.2. The topological polar surface area (TPSA) is 85.4 Å². The minimum atomic E-state index is -3.36. The molecule has 0 atom stereocenters. The van der Waals surface area contributed by atoms with Gasteiger partial charge < -0.3 is 10.1 Å². The molecule has 0 spiro atoms. The highest BCUT2D eigenvalue weighted by molar-refractivity contribution is 7.90. The second-order valence-electron chi connectivity index (χ2n) is 6.16. The van der Waals surface area contributed by atoms with E-state index in [1.54, 1.807) is 31.4 Å². The molecule has 0 saturated heterocycles. The molecule has 0 radical (unpaired) electrons. The van der Waals surface area contributed by atoms with E-state index < -0.39 is 9.84 Å². The third kappa shape index (κ3) is 4.84. The van der Waals surface area contributed by atoms with Gasteiger partial charge in [-0.1, -0.05) is 47.7 Å². The fraction of sp³-hybridized carbons (Fsp3) is 0.263. The Kier molecular flexibility index (Phi) is 5.76. The highest BCUT2D eigenvalue weighted by atomic mass is 32.2. The number of carbonyl (C=O) groups excluding carboxylic acids is 1. The highest BCUT2D eigenvalue weighted by Gasteiger charge is 2.17. The standard InChI is InChI=1S/C19H20N2O4S2/c1-13-8-9-15(25-2)17-18(13)26-19(21-17)20-16(22)10-11-27(23,24)12-14-6-4-3-5-7-14/h3-9H,10-12H2,1-2H3,(H,20,21,22). The van der Waals surface area contributed by atoms with Crippen molar-refractivity contribution >= 4 is 42.4 Å². The number of ether oxygens (including phenoxy) is 1. The summed E-state index contributed by atoms with van der Waals surface area (Å²) in [6, 6.07) is 12.7. The lowest BCUT2D eigenvalue weighted by atomic mass is 10.2. The molecule has 2 aromatic carbocycles. The lowest BCUT2D eigenvalue weighted by Crippen LogP contribution is -2.18. The normalized spacial score (nSPS) is 11.5. The molecule has 3 rings (SSSR count). The smallest absolute Gasteiger partial charge is 0.227 e. The number of carbonyl (C=O) groups is 1. The molecule has 0 aliphatic carbocycles. The number of aryl methyl sites for hydroxylation is 1. The molecular weight excluding hydrogens is 384 g/mol. The van der Waals surface area contributed by atoms with E-state index >= 15 is 0 Å². The molecule has 1 amide bonds. The number of nitrogens with zero attached hydrogens (tertiary/aromatic N) is 1. The molecular formula is C19H20N2O4S2. The molecule has 142 valence electrons. The molecule has 3 aromatic rings. The molecule has 0 bridgehead atoms. The summed E-state index contributed by atoms with van der Waals surface area (Å²) in [5, 5.41) is 3.13. The Hall–Kier alpha value is -2.45. The molecule has 0 saturated carbocycles. The highest BCUT2D eigenvalue weighted by Crippen LogP contribution is 2.34. The van der Waals surface area contributed by atoms with Gasteiger partial charge in [0.05, 0.1) is 23.3 Å². The van der Waals surface area contributed by atoms with Crippen molar-refractivity contribution in [3.8, 4) is 5.75 Å². The zero-order valence-corrected chi connectivity index (χ0v) is 16.7. The van der Waals surface area contributed by atoms with Crippen LogP contribution in [0.1, 0.15) is 17.5 Å². The number of nitrogens with one attached hydrogen (secondary N) is 1. The summed E-state index contributed by atoms with van der Waals surface area (Å²) in [4.78, 5) is 16.6. The predicted octanol–water partition coefficient (Wildman–Crippen LogP) is 3.56. The zero-order chi connectivity index (χ0) is 19.4. The van der Waals surface area contributed by atoms with Gasteiger partial charge in [-0.2, -0.15) is 0 Å². The largest absolute Gasteiger partial charge is 0.494 e. The third-order valence-corrected chi connectivity index (χ3v) is 6.74. The van der Waals surface area contributed by atoms with Crippen molar-refractivity contribution in [1.29, 1.82) is 0 Å². The Bertz CT molecular complexity index is 1060. The second kappa shape index (κ2) is 8.06. The molecule has 8 heteroatoms. The van der Waals surface area contributed by atoms with E-state index in [1.165, 1.54) is 11.3 Å². The Morgan fingerprint density at radius 3 is 2.63 bits per heavy atom. The van der Waals surface area contributed by atoms with Gasteiger partial charge in [0.2, 0.25) is 5.91 Å². The van der Waals surface area contributed by atoms with Gasteiger partial charge in [0, 0.05) is 6.42 Å². The van der Waals surface area contributed by atoms with Crippen LogP contribution >= 0.6 is 11.3 Å². The Labute approximate surface area is 162 Å². The maximum absolute atomic E-state index is 12.2. The van der Waals surface area contributed by atoms with Crippen LogP contribution in [0.4, 0.5) is 5.13 Å². The quantitative estimate of drug-likeness (QED) is 0.651. The summed E-state index contributed by atoms with van der Waals surface area (Å²) in [6.45, 7) is 1.96. The Morgan fingerprint density at radius 1 is 1.19 bits per heavy atom. The molecule has 0 fully saturated rings. The van der Waals surface area contributed by atoms with Crippen LogP contribution < -0.4 is 10.1 Å². The Morgan fingerprint density at radius 2 is 1.93 bits per heavy atom. The van der Waals surface area contributed by atoms with Crippen LogP contribution in [0.3, 0.4) is 0 Å². The number of hydrogen-bond donors (Lipinski definition) is 1. The summed E-state index contributed by atoms with van der Waals surface area (Å²) < 4.78 is 30.7. The van der Waals surface area contributed by atoms with Crippen molar-refractivity contribution in [2.24, 2.45) is 0 Å². The van der Waals surface area contributed by atoms with E-state index in [0.29, 0.717) is 22.0 Å². The maximum Gasteiger partial charge on any atom is 0.227 e. The average molecular weight is 405 g/mol. The number of hydrogen-bond acceptors (Lipinski definition) is 6. The van der Waals surface area contributed by atoms with E-state index in [0.717, 1.165) is 10.3 Å². The van der Waals surface area contributed by atoms with Crippen molar-refractivity contribution < 1.29 is 17.9 Å². The van der Waals surface area contributed by atoms with Crippen LogP contribution in [-0.4, -0.2) is 32.2 Å². The van der Waals surface area contributed by atoms with Gasteiger partial charge in [-0.15, -0.1) is 0 Å². The van der Waals surface area contributed by atoms with Gasteiger partial charge in [-0.3, -0.25) is 4.79 Å². The number of amides is 1. The van der Waals surface area contributed by atoms with Crippen molar-refractivity contribution in [1.82, 2.24) is 4.98 Å². The van der Waals surface area contributed by atoms with E-state index in [9.17, 15) is 13.2 Å². The summed E-state index contributed by atoms with van der Waals surface area (Å²) in [7, 11) is -1.79. The van der Waals surface area contributed by atoms with Crippen LogP contribution in [0.5, 0.6) is 5.75 Å². The summed E-state index contributed by atoms with van der Waals surface area (Å²) in [6.07, 6.45) is -0.110. The molecule has 1 aromatic heterocycles. The van der Waals surface area contributed by atoms with Crippen molar-refractivity contribution in [3.05, 3.63) is 53.6 Å². The third-order valence-electron chi connectivity index (χ3n) is 4.04. The number of thiazole rings is 1. The minimum absolute atomic E-state index is 0.0708. The number of fused-ring (bicyclic) bond motifs is 1. The van der Waals surface area contributed by atoms with E-state index in [2.05, 4.69) is 10.3 Å². The number of benzene rings is 2. The van der Waals surface area contributed by atoms with Crippen LogP contribution in [0.2, 0.25) is 0 Å². The fourth-order valence-electron chi connectivity index (χ4n) is 2.66.